The van der Waals surface area contributed by atoms with Gasteiger partial charge in [0.2, 0.25) is 0 Å². The Morgan fingerprint density at radius 2 is 1.32 bits per heavy atom. The van der Waals surface area contributed by atoms with Crippen molar-refractivity contribution in [2.24, 2.45) is 29.6 Å². The average molecular weight is 539 g/mol. The molecule has 1 heterocycles. The second-order valence-electron chi connectivity index (χ2n) is 11.4. The summed E-state index contributed by atoms with van der Waals surface area (Å²) < 4.78 is 88.2. The summed E-state index contributed by atoms with van der Waals surface area (Å²) >= 11 is 0. The first-order valence-electron chi connectivity index (χ1n) is 13.7. The molecule has 0 amide bonds. The molecule has 0 bridgehead atoms. The topological polar surface area (TPSA) is 27.7 Å². The number of ether oxygens (including phenoxy) is 3. The van der Waals surface area contributed by atoms with Gasteiger partial charge in [0.25, 0.3) is 0 Å². The smallest absolute Gasteiger partial charge is 0.400 e. The number of benzene rings is 2. The first kappa shape index (κ1) is 27.4. The van der Waals surface area contributed by atoms with Gasteiger partial charge in [0.1, 0.15) is 11.6 Å². The minimum absolute atomic E-state index is 0.0223. The number of hydrogen-bond acceptors (Lipinski definition) is 3. The zero-order valence-electron chi connectivity index (χ0n) is 21.6. The van der Waals surface area contributed by atoms with Crippen LogP contribution in [-0.4, -0.2) is 25.6 Å². The van der Waals surface area contributed by atoms with Gasteiger partial charge in [0.05, 0.1) is 19.1 Å². The molecule has 5 rings (SSSR count). The van der Waals surface area contributed by atoms with Crippen molar-refractivity contribution >= 4 is 0 Å². The highest BCUT2D eigenvalue weighted by molar-refractivity contribution is 5.65. The highest BCUT2D eigenvalue weighted by atomic mass is 19.3. The van der Waals surface area contributed by atoms with Gasteiger partial charge in [-0.1, -0.05) is 13.0 Å². The van der Waals surface area contributed by atoms with Crippen LogP contribution in [0.15, 0.2) is 36.4 Å². The molecule has 2 aliphatic carbocycles. The molecular formula is C30H35F5O3. The van der Waals surface area contributed by atoms with E-state index in [0.717, 1.165) is 69.9 Å². The minimum Gasteiger partial charge on any atom is -0.432 e. The molecule has 3 fully saturated rings. The minimum atomic E-state index is -3.43. The Hall–Kier alpha value is -2.19. The normalized spacial score (nSPS) is 30.7. The second-order valence-corrected chi connectivity index (χ2v) is 11.4. The van der Waals surface area contributed by atoms with Gasteiger partial charge < -0.3 is 14.2 Å². The van der Waals surface area contributed by atoms with Crippen LogP contribution in [0.25, 0.3) is 11.1 Å². The summed E-state index contributed by atoms with van der Waals surface area (Å²) in [5.74, 6) is -2.40. The van der Waals surface area contributed by atoms with Crippen LogP contribution in [-0.2, 0) is 9.47 Å². The van der Waals surface area contributed by atoms with Crippen LogP contribution in [0.4, 0.5) is 22.0 Å². The molecule has 3 nitrogen and oxygen atoms in total. The fraction of sp³-hybridized carbons (Fsp3) is 0.600. The molecular weight excluding hydrogens is 503 g/mol. The van der Waals surface area contributed by atoms with E-state index >= 15 is 8.78 Å². The van der Waals surface area contributed by atoms with E-state index in [0.29, 0.717) is 36.5 Å². The van der Waals surface area contributed by atoms with Gasteiger partial charge in [-0.15, -0.1) is 0 Å². The van der Waals surface area contributed by atoms with Gasteiger partial charge >= 0.3 is 6.11 Å². The van der Waals surface area contributed by atoms with E-state index < -0.39 is 29.5 Å². The highest BCUT2D eigenvalue weighted by Crippen LogP contribution is 2.46. The molecule has 8 heteroatoms. The molecule has 0 atom stereocenters. The Morgan fingerprint density at radius 1 is 0.711 bits per heavy atom. The summed E-state index contributed by atoms with van der Waals surface area (Å²) in [6, 6.07) is 6.34. The Morgan fingerprint density at radius 3 is 1.92 bits per heavy atom. The SMILES string of the molecule is CC1COC(C2CCC(C3CCC(C(F)(F)Oc4ccc(-c5ccc(F)c(F)c5)c(F)c4)CC3)CC2)OC1. The molecule has 2 aromatic rings. The first-order chi connectivity index (χ1) is 18.2. The van der Waals surface area contributed by atoms with Crippen molar-refractivity contribution in [3.63, 3.8) is 0 Å². The molecule has 0 unspecified atom stereocenters. The highest BCUT2D eigenvalue weighted by Gasteiger charge is 2.45. The maximum atomic E-state index is 15.0. The summed E-state index contributed by atoms with van der Waals surface area (Å²) in [7, 11) is 0. The zero-order chi connectivity index (χ0) is 26.9. The number of halogens is 5. The third-order valence-corrected chi connectivity index (χ3v) is 8.63. The van der Waals surface area contributed by atoms with Crippen LogP contribution in [0.3, 0.4) is 0 Å². The maximum absolute atomic E-state index is 15.0. The third-order valence-electron chi connectivity index (χ3n) is 8.63. The number of alkyl halides is 2. The van der Waals surface area contributed by atoms with Crippen LogP contribution in [0, 0.1) is 47.0 Å². The van der Waals surface area contributed by atoms with Crippen LogP contribution < -0.4 is 4.74 Å². The van der Waals surface area contributed by atoms with Crippen LogP contribution in [0.1, 0.15) is 58.3 Å². The summed E-state index contributed by atoms with van der Waals surface area (Å²) in [6.07, 6.45) is 2.92. The van der Waals surface area contributed by atoms with Crippen LogP contribution in [0.5, 0.6) is 5.75 Å². The fourth-order valence-electron chi connectivity index (χ4n) is 6.40. The van der Waals surface area contributed by atoms with Crippen molar-refractivity contribution in [3.05, 3.63) is 53.8 Å². The lowest BCUT2D eigenvalue weighted by Gasteiger charge is -2.41. The summed E-state index contributed by atoms with van der Waals surface area (Å²) in [4.78, 5) is 0. The van der Waals surface area contributed by atoms with Crippen molar-refractivity contribution in [1.82, 2.24) is 0 Å². The monoisotopic (exact) mass is 538 g/mol. The van der Waals surface area contributed by atoms with E-state index in [1.54, 1.807) is 0 Å². The molecule has 0 N–H and O–H groups in total. The first-order valence-corrected chi connectivity index (χ1v) is 13.7. The second kappa shape index (κ2) is 11.5. The van der Waals surface area contributed by atoms with E-state index in [1.165, 1.54) is 18.2 Å². The summed E-state index contributed by atoms with van der Waals surface area (Å²) in [5, 5.41) is 0. The molecule has 3 aliphatic rings. The molecule has 2 saturated carbocycles. The molecule has 0 aromatic heterocycles. The lowest BCUT2D eigenvalue weighted by molar-refractivity contribution is -0.229. The zero-order valence-corrected chi connectivity index (χ0v) is 21.6. The predicted molar refractivity (Wildman–Crippen MR) is 133 cm³/mol. The van der Waals surface area contributed by atoms with E-state index in [4.69, 9.17) is 14.2 Å². The lowest BCUT2D eigenvalue weighted by atomic mass is 9.69. The van der Waals surface area contributed by atoms with Crippen molar-refractivity contribution in [3.8, 4) is 16.9 Å². The van der Waals surface area contributed by atoms with Crippen LogP contribution >= 0.6 is 0 Å². The number of hydrogen-bond donors (Lipinski definition) is 0. The van der Waals surface area contributed by atoms with E-state index in [9.17, 15) is 13.2 Å². The van der Waals surface area contributed by atoms with Crippen molar-refractivity contribution < 1.29 is 36.2 Å². The molecule has 1 saturated heterocycles. The van der Waals surface area contributed by atoms with Crippen molar-refractivity contribution in [2.45, 2.75) is 70.7 Å². The van der Waals surface area contributed by atoms with E-state index in [2.05, 4.69) is 6.92 Å². The quantitative estimate of drug-likeness (QED) is 0.346. The fourth-order valence-corrected chi connectivity index (χ4v) is 6.40. The molecule has 0 radical (unpaired) electrons. The van der Waals surface area contributed by atoms with Gasteiger partial charge in [0.15, 0.2) is 17.9 Å². The van der Waals surface area contributed by atoms with E-state index in [-0.39, 0.29) is 23.2 Å². The maximum Gasteiger partial charge on any atom is 0.400 e. The van der Waals surface area contributed by atoms with Crippen molar-refractivity contribution in [1.29, 1.82) is 0 Å². The van der Waals surface area contributed by atoms with Gasteiger partial charge in [0, 0.05) is 23.5 Å². The Kier molecular flexibility index (Phi) is 8.29. The Balaban J connectivity index is 1.12. The standard InChI is InChI=1S/C30H35F5O3/c1-18-16-36-29(37-17-18)21-4-2-19(3-5-21)20-6-9-23(10-7-20)30(34,35)38-24-11-12-25(27(32)15-24)22-8-13-26(31)28(33)14-22/h8,11-15,18-21,23,29H,2-7,9-10,16-17H2,1H3. The average Bonchev–Trinajstić information content (AvgIpc) is 2.91. The van der Waals surface area contributed by atoms with Gasteiger partial charge in [-0.05, 0) is 93.0 Å². The molecule has 0 spiro atoms. The van der Waals surface area contributed by atoms with Gasteiger partial charge in [-0.25, -0.2) is 13.2 Å². The largest absolute Gasteiger partial charge is 0.432 e. The predicted octanol–water partition coefficient (Wildman–Crippen LogP) is 8.36. The Labute approximate surface area is 220 Å². The van der Waals surface area contributed by atoms with Crippen LogP contribution in [0.2, 0.25) is 0 Å². The van der Waals surface area contributed by atoms with Gasteiger partial charge in [-0.2, -0.15) is 8.78 Å². The molecule has 38 heavy (non-hydrogen) atoms. The van der Waals surface area contributed by atoms with Gasteiger partial charge in [-0.3, -0.25) is 0 Å². The number of rotatable bonds is 6. The summed E-state index contributed by atoms with van der Waals surface area (Å²) in [6.45, 7) is 3.61. The third kappa shape index (κ3) is 6.17. The van der Waals surface area contributed by atoms with Crippen molar-refractivity contribution in [2.75, 3.05) is 13.2 Å². The molecule has 2 aromatic carbocycles. The Bertz CT molecular complexity index is 1090. The molecule has 208 valence electrons. The molecule has 1 aliphatic heterocycles. The summed E-state index contributed by atoms with van der Waals surface area (Å²) in [5.41, 5.74) is 0.0893. The lowest BCUT2D eigenvalue weighted by Crippen LogP contribution is -2.40. The van der Waals surface area contributed by atoms with E-state index in [1.807, 2.05) is 0 Å².